The minimum atomic E-state index is -4.47. The van der Waals surface area contributed by atoms with Crippen molar-refractivity contribution in [3.8, 4) is 0 Å². The summed E-state index contributed by atoms with van der Waals surface area (Å²) in [6.45, 7) is 0.496. The summed E-state index contributed by atoms with van der Waals surface area (Å²) >= 11 is 5.12. The second-order valence-corrected chi connectivity index (χ2v) is 7.26. The lowest BCUT2D eigenvalue weighted by Crippen LogP contribution is -2.46. The Morgan fingerprint density at radius 1 is 0.758 bits per heavy atom. The van der Waals surface area contributed by atoms with E-state index in [-0.39, 0.29) is 10.7 Å². The Morgan fingerprint density at radius 3 is 1.94 bits per heavy atom. The van der Waals surface area contributed by atoms with Gasteiger partial charge >= 0.3 is 6.18 Å². The Morgan fingerprint density at radius 2 is 1.33 bits per heavy atom. The highest BCUT2D eigenvalue weighted by Crippen LogP contribution is 2.29. The fourth-order valence-electron chi connectivity index (χ4n) is 2.73. The molecule has 0 aliphatic rings. The van der Waals surface area contributed by atoms with Crippen LogP contribution in [0.15, 0.2) is 78.9 Å². The third-order valence-corrected chi connectivity index (χ3v) is 4.71. The van der Waals surface area contributed by atoms with E-state index in [1.807, 2.05) is 30.3 Å². The van der Waals surface area contributed by atoms with Crippen molar-refractivity contribution in [2.75, 3.05) is 5.32 Å². The molecular weight excluding hydrogens is 453 g/mol. The van der Waals surface area contributed by atoms with Gasteiger partial charge in [-0.15, -0.1) is 0 Å². The number of nitrogens with one attached hydrogen (secondary N) is 4. The molecule has 3 rings (SSSR count). The molecule has 0 bridgehead atoms. The topological polar surface area (TPSA) is 82.3 Å². The molecule has 0 saturated heterocycles. The standard InChI is InChI=1S/C23H19F3N4O2S/c24-23(25,26)18-10-6-16(7-11-18)20(31)28-19-12-8-17(9-13-19)21(32)29-30-22(33)27-14-15-4-2-1-3-5-15/h1-13H,14H2,(H,28,31)(H,29,32)(H2,27,30,33). The third-order valence-electron chi connectivity index (χ3n) is 4.46. The van der Waals surface area contributed by atoms with Gasteiger partial charge in [-0.05, 0) is 66.3 Å². The number of hydrogen-bond donors (Lipinski definition) is 4. The second kappa shape index (κ2) is 10.6. The van der Waals surface area contributed by atoms with E-state index in [2.05, 4.69) is 21.5 Å². The van der Waals surface area contributed by atoms with Crippen molar-refractivity contribution >= 4 is 34.8 Å². The van der Waals surface area contributed by atoms with Gasteiger partial charge in [0.25, 0.3) is 11.8 Å². The van der Waals surface area contributed by atoms with Crippen LogP contribution < -0.4 is 21.5 Å². The summed E-state index contributed by atoms with van der Waals surface area (Å²) in [5.74, 6) is -1.02. The molecule has 0 fully saturated rings. The van der Waals surface area contributed by atoms with Gasteiger partial charge in [0, 0.05) is 23.4 Å². The van der Waals surface area contributed by atoms with Crippen LogP contribution >= 0.6 is 12.2 Å². The number of halogens is 3. The molecule has 3 aromatic carbocycles. The summed E-state index contributed by atoms with van der Waals surface area (Å²) in [7, 11) is 0. The van der Waals surface area contributed by atoms with E-state index in [9.17, 15) is 22.8 Å². The molecule has 2 amide bonds. The molecule has 0 aliphatic carbocycles. The lowest BCUT2D eigenvalue weighted by Gasteiger charge is -2.12. The molecule has 0 radical (unpaired) electrons. The van der Waals surface area contributed by atoms with Crippen LogP contribution in [0.3, 0.4) is 0 Å². The van der Waals surface area contributed by atoms with Gasteiger partial charge in [-0.2, -0.15) is 13.2 Å². The quantitative estimate of drug-likeness (QED) is 0.330. The smallest absolute Gasteiger partial charge is 0.357 e. The summed E-state index contributed by atoms with van der Waals surface area (Å²) in [4.78, 5) is 24.5. The Labute approximate surface area is 193 Å². The van der Waals surface area contributed by atoms with E-state index in [4.69, 9.17) is 12.2 Å². The minimum Gasteiger partial charge on any atom is -0.357 e. The number of rotatable bonds is 5. The van der Waals surface area contributed by atoms with Crippen LogP contribution in [0, 0.1) is 0 Å². The molecule has 0 saturated carbocycles. The molecule has 33 heavy (non-hydrogen) atoms. The summed E-state index contributed by atoms with van der Waals surface area (Å²) in [6, 6.07) is 19.5. The highest BCUT2D eigenvalue weighted by Gasteiger charge is 2.30. The Bertz CT molecular complexity index is 1120. The number of anilines is 1. The van der Waals surface area contributed by atoms with E-state index in [1.165, 1.54) is 24.3 Å². The van der Waals surface area contributed by atoms with Gasteiger partial charge in [0.1, 0.15) is 0 Å². The zero-order chi connectivity index (χ0) is 23.8. The summed E-state index contributed by atoms with van der Waals surface area (Å²) < 4.78 is 37.9. The minimum absolute atomic E-state index is 0.0746. The molecule has 4 N–H and O–H groups in total. The molecule has 170 valence electrons. The summed E-state index contributed by atoms with van der Waals surface area (Å²) in [5, 5.41) is 5.77. The largest absolute Gasteiger partial charge is 0.416 e. The van der Waals surface area contributed by atoms with Crippen molar-refractivity contribution in [1.82, 2.24) is 16.2 Å². The zero-order valence-corrected chi connectivity index (χ0v) is 17.9. The van der Waals surface area contributed by atoms with Gasteiger partial charge in [0.05, 0.1) is 5.56 Å². The average molecular weight is 472 g/mol. The van der Waals surface area contributed by atoms with Gasteiger partial charge in [0.2, 0.25) is 0 Å². The molecule has 0 spiro atoms. The van der Waals surface area contributed by atoms with Gasteiger partial charge in [-0.1, -0.05) is 30.3 Å². The van der Waals surface area contributed by atoms with E-state index >= 15 is 0 Å². The number of thiocarbonyl (C=S) groups is 1. The van der Waals surface area contributed by atoms with Crippen molar-refractivity contribution in [1.29, 1.82) is 0 Å². The number of hydrogen-bond acceptors (Lipinski definition) is 3. The fourth-order valence-corrected chi connectivity index (χ4v) is 2.85. The summed E-state index contributed by atoms with van der Waals surface area (Å²) in [6.07, 6.45) is -4.47. The van der Waals surface area contributed by atoms with Crippen molar-refractivity contribution in [2.45, 2.75) is 12.7 Å². The maximum Gasteiger partial charge on any atom is 0.416 e. The lowest BCUT2D eigenvalue weighted by molar-refractivity contribution is -0.137. The molecular formula is C23H19F3N4O2S. The molecule has 0 unspecified atom stereocenters. The van der Waals surface area contributed by atoms with E-state index in [0.29, 0.717) is 17.8 Å². The first-order valence-electron chi connectivity index (χ1n) is 9.69. The molecule has 0 aromatic heterocycles. The van der Waals surface area contributed by atoms with Gasteiger partial charge in [0.15, 0.2) is 5.11 Å². The van der Waals surface area contributed by atoms with Crippen LogP contribution in [0.1, 0.15) is 31.8 Å². The Hall–Kier alpha value is -3.92. The monoisotopic (exact) mass is 472 g/mol. The van der Waals surface area contributed by atoms with Crippen LogP contribution in [0.2, 0.25) is 0 Å². The highest BCUT2D eigenvalue weighted by molar-refractivity contribution is 7.80. The molecule has 3 aromatic rings. The molecule has 0 atom stereocenters. The normalized spacial score (nSPS) is 10.8. The first-order chi connectivity index (χ1) is 15.7. The van der Waals surface area contributed by atoms with Crippen LogP contribution in [0.25, 0.3) is 0 Å². The molecule has 10 heteroatoms. The first kappa shape index (κ1) is 23.7. The average Bonchev–Trinajstić information content (AvgIpc) is 2.82. The first-order valence-corrected chi connectivity index (χ1v) is 10.1. The maximum absolute atomic E-state index is 12.6. The molecule has 0 aliphatic heterocycles. The number of benzene rings is 3. The number of alkyl halides is 3. The van der Waals surface area contributed by atoms with Gasteiger partial charge in [-0.3, -0.25) is 20.4 Å². The Balaban J connectivity index is 1.48. The SMILES string of the molecule is O=C(NNC(=S)NCc1ccccc1)c1ccc(NC(=O)c2ccc(C(F)(F)F)cc2)cc1. The van der Waals surface area contributed by atoms with E-state index in [0.717, 1.165) is 29.8 Å². The van der Waals surface area contributed by atoms with Gasteiger partial charge < -0.3 is 10.6 Å². The number of hydrazine groups is 1. The van der Waals surface area contributed by atoms with Crippen molar-refractivity contribution < 1.29 is 22.8 Å². The van der Waals surface area contributed by atoms with E-state index in [1.54, 1.807) is 0 Å². The molecule has 0 heterocycles. The predicted molar refractivity (Wildman–Crippen MR) is 122 cm³/mol. The molecule has 6 nitrogen and oxygen atoms in total. The Kier molecular flexibility index (Phi) is 7.62. The van der Waals surface area contributed by atoms with Crippen molar-refractivity contribution in [3.63, 3.8) is 0 Å². The lowest BCUT2D eigenvalue weighted by atomic mass is 10.1. The third kappa shape index (κ3) is 7.04. The fraction of sp³-hybridized carbons (Fsp3) is 0.0870. The second-order valence-electron chi connectivity index (χ2n) is 6.85. The van der Waals surface area contributed by atoms with Crippen LogP contribution in [-0.2, 0) is 12.7 Å². The summed E-state index contributed by atoms with van der Waals surface area (Å²) in [5.41, 5.74) is 6.03. The predicted octanol–water partition coefficient (Wildman–Crippen LogP) is 4.27. The van der Waals surface area contributed by atoms with Gasteiger partial charge in [-0.25, -0.2) is 0 Å². The van der Waals surface area contributed by atoms with Crippen LogP contribution in [0.5, 0.6) is 0 Å². The van der Waals surface area contributed by atoms with Crippen LogP contribution in [0.4, 0.5) is 18.9 Å². The van der Waals surface area contributed by atoms with Crippen LogP contribution in [-0.4, -0.2) is 16.9 Å². The van der Waals surface area contributed by atoms with Crippen molar-refractivity contribution in [3.05, 3.63) is 101 Å². The maximum atomic E-state index is 12.6. The highest BCUT2D eigenvalue weighted by atomic mass is 32.1. The van der Waals surface area contributed by atoms with E-state index < -0.39 is 23.6 Å². The number of carbonyl (C=O) groups excluding carboxylic acids is 2. The number of carbonyl (C=O) groups is 2. The van der Waals surface area contributed by atoms with Crippen molar-refractivity contribution in [2.24, 2.45) is 0 Å². The number of amides is 2. The zero-order valence-electron chi connectivity index (χ0n) is 17.1.